The number of sulfonamides is 1. The predicted molar refractivity (Wildman–Crippen MR) is 126 cm³/mol. The van der Waals surface area contributed by atoms with Crippen molar-refractivity contribution in [3.05, 3.63) is 35.9 Å². The maximum absolute atomic E-state index is 13.1. The Morgan fingerprint density at radius 2 is 1.53 bits per heavy atom. The van der Waals surface area contributed by atoms with E-state index in [9.17, 15) is 8.42 Å². The first-order valence-electron chi connectivity index (χ1n) is 11.5. The van der Waals surface area contributed by atoms with E-state index in [4.69, 9.17) is 4.74 Å². The Bertz CT molecular complexity index is 1010. The van der Waals surface area contributed by atoms with Gasteiger partial charge in [-0.25, -0.2) is 8.42 Å². The number of anilines is 2. The number of piperazine rings is 1. The summed E-state index contributed by atoms with van der Waals surface area (Å²) in [4.78, 5) is 4.71. The lowest BCUT2D eigenvalue weighted by atomic mass is 9.99. The van der Waals surface area contributed by atoms with E-state index in [0.717, 1.165) is 42.0 Å². The normalized spacial score (nSPS) is 18.7. The Hall–Kier alpha value is -2.39. The molecule has 1 aromatic carbocycles. The number of ether oxygens (including phenoxy) is 1. The Labute approximate surface area is 191 Å². The third-order valence-corrected chi connectivity index (χ3v) is 8.29. The second kappa shape index (κ2) is 9.62. The number of aryl methyl sites for hydroxylation is 1. The molecule has 0 unspecified atom stereocenters. The summed E-state index contributed by atoms with van der Waals surface area (Å²) in [5, 5.41) is 8.87. The highest BCUT2D eigenvalue weighted by Gasteiger charge is 2.29. The fraction of sp³-hybridized carbons (Fsp3) is 0.565. The van der Waals surface area contributed by atoms with Gasteiger partial charge in [-0.15, -0.1) is 10.2 Å². The van der Waals surface area contributed by atoms with Crippen molar-refractivity contribution < 1.29 is 13.2 Å². The van der Waals surface area contributed by atoms with Gasteiger partial charge in [0.15, 0.2) is 11.6 Å². The number of aromatic nitrogens is 2. The fourth-order valence-corrected chi connectivity index (χ4v) is 5.81. The van der Waals surface area contributed by atoms with Crippen molar-refractivity contribution in [1.29, 1.82) is 0 Å². The van der Waals surface area contributed by atoms with Gasteiger partial charge in [0.05, 0.1) is 11.5 Å². The fourth-order valence-electron chi connectivity index (χ4n) is 4.30. The van der Waals surface area contributed by atoms with Crippen molar-refractivity contribution in [2.24, 2.45) is 5.92 Å². The van der Waals surface area contributed by atoms with E-state index < -0.39 is 10.0 Å². The topological polar surface area (TPSA) is 78.9 Å². The van der Waals surface area contributed by atoms with Gasteiger partial charge >= 0.3 is 0 Å². The van der Waals surface area contributed by atoms with Crippen LogP contribution in [0.4, 0.5) is 11.6 Å². The standard InChI is InChI=1S/C23H33N5O3S/c1-4-31-21-6-5-20(17-19(21)3)32(29,30)28-15-13-27(14-16-28)23-8-7-22(24-25-23)26-11-9-18(2)10-12-26/h5-8,17-18H,4,9-16H2,1-3H3. The van der Waals surface area contributed by atoms with Crippen molar-refractivity contribution in [3.63, 3.8) is 0 Å². The zero-order chi connectivity index (χ0) is 22.7. The molecular weight excluding hydrogens is 426 g/mol. The molecule has 3 heterocycles. The minimum Gasteiger partial charge on any atom is -0.494 e. The molecule has 32 heavy (non-hydrogen) atoms. The van der Waals surface area contributed by atoms with Gasteiger partial charge in [0, 0.05) is 39.3 Å². The molecule has 2 aliphatic rings. The molecule has 0 bridgehead atoms. The van der Waals surface area contributed by atoms with Crippen LogP contribution < -0.4 is 14.5 Å². The summed E-state index contributed by atoms with van der Waals surface area (Å²) in [6.07, 6.45) is 2.38. The third-order valence-electron chi connectivity index (χ3n) is 6.39. The van der Waals surface area contributed by atoms with Gasteiger partial charge in [0.2, 0.25) is 10.0 Å². The first-order chi connectivity index (χ1) is 15.4. The molecule has 174 valence electrons. The van der Waals surface area contributed by atoms with E-state index in [2.05, 4.69) is 26.9 Å². The SMILES string of the molecule is CCOc1ccc(S(=O)(=O)N2CCN(c3ccc(N4CCC(C)CC4)nn3)CC2)cc1C. The molecule has 0 spiro atoms. The molecule has 1 aromatic heterocycles. The summed E-state index contributed by atoms with van der Waals surface area (Å²) < 4.78 is 33.3. The Kier molecular flexibility index (Phi) is 6.85. The van der Waals surface area contributed by atoms with E-state index in [-0.39, 0.29) is 0 Å². The molecule has 2 saturated heterocycles. The van der Waals surface area contributed by atoms with Gasteiger partial charge in [-0.1, -0.05) is 6.92 Å². The van der Waals surface area contributed by atoms with E-state index in [1.807, 2.05) is 26.0 Å². The molecule has 9 heteroatoms. The van der Waals surface area contributed by atoms with Crippen LogP contribution in [0.15, 0.2) is 35.2 Å². The minimum absolute atomic E-state index is 0.312. The van der Waals surface area contributed by atoms with Crippen LogP contribution in [0.25, 0.3) is 0 Å². The summed E-state index contributed by atoms with van der Waals surface area (Å²) in [6.45, 7) is 10.7. The number of benzene rings is 1. The highest BCUT2D eigenvalue weighted by molar-refractivity contribution is 7.89. The van der Waals surface area contributed by atoms with Crippen LogP contribution in [0.1, 0.15) is 32.3 Å². The number of hydrogen-bond donors (Lipinski definition) is 0. The van der Waals surface area contributed by atoms with Crippen LogP contribution in [0.2, 0.25) is 0 Å². The maximum Gasteiger partial charge on any atom is 0.243 e. The lowest BCUT2D eigenvalue weighted by molar-refractivity contribution is 0.337. The second-order valence-corrected chi connectivity index (χ2v) is 10.6. The minimum atomic E-state index is -3.54. The monoisotopic (exact) mass is 459 g/mol. The van der Waals surface area contributed by atoms with Gasteiger partial charge in [-0.2, -0.15) is 4.31 Å². The molecule has 4 rings (SSSR count). The van der Waals surface area contributed by atoms with E-state index in [1.165, 1.54) is 12.8 Å². The predicted octanol–water partition coefficient (Wildman–Crippen LogP) is 2.93. The zero-order valence-electron chi connectivity index (χ0n) is 19.2. The van der Waals surface area contributed by atoms with E-state index >= 15 is 0 Å². The number of nitrogens with zero attached hydrogens (tertiary/aromatic N) is 5. The van der Waals surface area contributed by atoms with E-state index in [0.29, 0.717) is 37.7 Å². The number of hydrogen-bond acceptors (Lipinski definition) is 7. The number of piperidine rings is 1. The van der Waals surface area contributed by atoms with Crippen LogP contribution in [0, 0.1) is 12.8 Å². The maximum atomic E-state index is 13.1. The van der Waals surface area contributed by atoms with Crippen LogP contribution in [-0.2, 0) is 10.0 Å². The Balaban J connectivity index is 1.38. The lowest BCUT2D eigenvalue weighted by Crippen LogP contribution is -2.49. The van der Waals surface area contributed by atoms with Gasteiger partial charge < -0.3 is 14.5 Å². The average Bonchev–Trinajstić information content (AvgIpc) is 2.81. The molecule has 0 atom stereocenters. The lowest BCUT2D eigenvalue weighted by Gasteiger charge is -2.35. The summed E-state index contributed by atoms with van der Waals surface area (Å²) in [5.74, 6) is 3.22. The van der Waals surface area contributed by atoms with Crippen LogP contribution in [-0.4, -0.2) is 68.8 Å². The van der Waals surface area contributed by atoms with Gasteiger partial charge in [0.25, 0.3) is 0 Å². The highest BCUT2D eigenvalue weighted by Crippen LogP contribution is 2.26. The van der Waals surface area contributed by atoms with Crippen LogP contribution in [0.5, 0.6) is 5.75 Å². The molecule has 2 aromatic rings. The van der Waals surface area contributed by atoms with E-state index in [1.54, 1.807) is 22.5 Å². The molecular formula is C23H33N5O3S. The summed E-state index contributed by atoms with van der Waals surface area (Å²) >= 11 is 0. The third kappa shape index (κ3) is 4.83. The van der Waals surface area contributed by atoms with Crippen molar-refractivity contribution in [1.82, 2.24) is 14.5 Å². The van der Waals surface area contributed by atoms with Gasteiger partial charge in [0.1, 0.15) is 5.75 Å². The molecule has 0 saturated carbocycles. The first kappa shape index (κ1) is 22.8. The summed E-state index contributed by atoms with van der Waals surface area (Å²) in [5.41, 5.74) is 0.824. The molecule has 0 N–H and O–H groups in total. The van der Waals surface area contributed by atoms with Gasteiger partial charge in [-0.3, -0.25) is 0 Å². The molecule has 8 nitrogen and oxygen atoms in total. The van der Waals surface area contributed by atoms with Crippen LogP contribution >= 0.6 is 0 Å². The number of rotatable bonds is 6. The highest BCUT2D eigenvalue weighted by atomic mass is 32.2. The van der Waals surface area contributed by atoms with Crippen molar-refractivity contribution in [3.8, 4) is 5.75 Å². The molecule has 0 radical (unpaired) electrons. The first-order valence-corrected chi connectivity index (χ1v) is 12.9. The Morgan fingerprint density at radius 3 is 2.06 bits per heavy atom. The smallest absolute Gasteiger partial charge is 0.243 e. The summed E-state index contributed by atoms with van der Waals surface area (Å²) in [7, 11) is -3.54. The quantitative estimate of drug-likeness (QED) is 0.657. The van der Waals surface area contributed by atoms with Crippen LogP contribution in [0.3, 0.4) is 0 Å². The van der Waals surface area contributed by atoms with Crippen molar-refractivity contribution in [2.75, 3.05) is 55.7 Å². The van der Waals surface area contributed by atoms with Crippen molar-refractivity contribution >= 4 is 21.7 Å². The second-order valence-electron chi connectivity index (χ2n) is 8.67. The Morgan fingerprint density at radius 1 is 0.938 bits per heavy atom. The largest absolute Gasteiger partial charge is 0.494 e. The molecule has 0 aliphatic carbocycles. The summed E-state index contributed by atoms with van der Waals surface area (Å²) in [6, 6.07) is 9.09. The average molecular weight is 460 g/mol. The van der Waals surface area contributed by atoms with Gasteiger partial charge in [-0.05, 0) is 68.5 Å². The van der Waals surface area contributed by atoms with Crippen molar-refractivity contribution in [2.45, 2.75) is 38.5 Å². The molecule has 2 aliphatic heterocycles. The zero-order valence-corrected chi connectivity index (χ0v) is 20.0. The molecule has 0 amide bonds. The molecule has 2 fully saturated rings.